The van der Waals surface area contributed by atoms with E-state index in [0.29, 0.717) is 6.07 Å². The van der Waals surface area contributed by atoms with E-state index in [1.807, 2.05) is 0 Å². The molecule has 0 saturated heterocycles. The fraction of sp³-hybridized carbons (Fsp3) is 0.129. The molecule has 0 bridgehead atoms. The molecule has 0 amide bonds. The Balaban J connectivity index is 1.88. The lowest BCUT2D eigenvalue weighted by Gasteiger charge is -2.13. The second-order valence-electron chi connectivity index (χ2n) is 12.4. The summed E-state index contributed by atoms with van der Waals surface area (Å²) >= 11 is 0. The quantitative estimate of drug-likeness (QED) is 0.0379. The molecule has 0 aliphatic carbocycles. The third kappa shape index (κ3) is 13.4. The summed E-state index contributed by atoms with van der Waals surface area (Å²) in [6.07, 6.45) is 0. The monoisotopic (exact) mass is 1030 g/mol. The molecule has 350 valence electrons. The van der Waals surface area contributed by atoms with Gasteiger partial charge in [0.15, 0.2) is 19.7 Å². The van der Waals surface area contributed by atoms with Gasteiger partial charge in [-0.15, -0.1) is 20.5 Å². The van der Waals surface area contributed by atoms with E-state index in [1.165, 1.54) is 0 Å². The highest BCUT2D eigenvalue weighted by Gasteiger charge is 2.28. The predicted molar refractivity (Wildman–Crippen MR) is 224 cm³/mol. The molecule has 0 heterocycles. The van der Waals surface area contributed by atoms with Crippen molar-refractivity contribution in [3.05, 3.63) is 83.9 Å². The van der Waals surface area contributed by atoms with Gasteiger partial charge in [-0.1, -0.05) is 6.58 Å². The molecule has 4 aromatic carbocycles. The minimum absolute atomic E-state index is 0.113. The fourth-order valence-corrected chi connectivity index (χ4v) is 9.39. The minimum Gasteiger partial charge on any atom is -0.478 e. The number of hydrogen-bond donors (Lipinski definition) is 7. The maximum Gasteiger partial charge on any atom is 0.397 e. The maximum atomic E-state index is 12.8. The average molecular weight is 1030 g/mol. The molecule has 0 spiro atoms. The van der Waals surface area contributed by atoms with Crippen molar-refractivity contribution in [1.82, 2.24) is 0 Å². The van der Waals surface area contributed by atoms with E-state index in [9.17, 15) is 65.0 Å². The number of aromatic carboxylic acids is 1. The van der Waals surface area contributed by atoms with Crippen molar-refractivity contribution in [3.63, 3.8) is 0 Å². The van der Waals surface area contributed by atoms with Gasteiger partial charge in [-0.3, -0.25) is 13.7 Å². The molecule has 4 rings (SSSR count). The largest absolute Gasteiger partial charge is 0.478 e. The van der Waals surface area contributed by atoms with Crippen LogP contribution >= 0.6 is 0 Å². The van der Waals surface area contributed by atoms with Gasteiger partial charge >= 0.3 is 26.8 Å². The van der Waals surface area contributed by atoms with E-state index in [-0.39, 0.29) is 21.2 Å². The zero-order valence-corrected chi connectivity index (χ0v) is 37.1. The Kier molecular flexibility index (Phi) is 15.4. The average Bonchev–Trinajstić information content (AvgIpc) is 3.18. The number of carboxylic acids is 1. The van der Waals surface area contributed by atoms with Crippen LogP contribution in [-0.2, 0) is 68.8 Å². The number of azo groups is 3. The topological polar surface area (TPSA) is 474 Å². The van der Waals surface area contributed by atoms with Gasteiger partial charge in [0.2, 0.25) is 9.84 Å². The lowest BCUT2D eigenvalue weighted by Crippen LogP contribution is -2.15. The summed E-state index contributed by atoms with van der Waals surface area (Å²) in [5.74, 6) is -3.63. The van der Waals surface area contributed by atoms with Crippen LogP contribution in [0.1, 0.15) is 10.4 Å². The zero-order chi connectivity index (χ0) is 48.9. The third-order valence-electron chi connectivity index (χ3n) is 7.92. The van der Waals surface area contributed by atoms with Crippen LogP contribution in [0.2, 0.25) is 0 Å². The van der Waals surface area contributed by atoms with Crippen LogP contribution in [0.5, 0.6) is 0 Å². The lowest BCUT2D eigenvalue weighted by molar-refractivity contribution is 0.0698. The summed E-state index contributed by atoms with van der Waals surface area (Å²) in [5, 5.41) is 32.5. The molecular formula is C31H31N9O19S6. The summed E-state index contributed by atoms with van der Waals surface area (Å²) < 4.78 is 179. The molecular weight excluding hydrogens is 995 g/mol. The smallest absolute Gasteiger partial charge is 0.397 e. The Labute approximate surface area is 368 Å². The van der Waals surface area contributed by atoms with Gasteiger partial charge in [0.25, 0.3) is 10.1 Å². The Bertz CT molecular complexity index is 3350. The van der Waals surface area contributed by atoms with Crippen LogP contribution in [0.4, 0.5) is 45.5 Å². The molecule has 28 nitrogen and oxygen atoms in total. The first kappa shape index (κ1) is 51.4. The van der Waals surface area contributed by atoms with Gasteiger partial charge in [-0.25, -0.2) is 38.4 Å². The van der Waals surface area contributed by atoms with Gasteiger partial charge in [0, 0.05) is 0 Å². The van der Waals surface area contributed by atoms with Crippen LogP contribution in [0, 0.1) is 0 Å². The molecule has 10 N–H and O–H groups in total. The summed E-state index contributed by atoms with van der Waals surface area (Å²) in [4.78, 5) is 10.2. The number of benzene rings is 4. The van der Waals surface area contributed by atoms with Gasteiger partial charge in [-0.2, -0.15) is 35.5 Å². The first-order valence-corrected chi connectivity index (χ1v) is 25.7. The van der Waals surface area contributed by atoms with E-state index < -0.39 is 146 Å². The molecule has 0 unspecified atom stereocenters. The number of carboxylic acid groups (broad SMARTS) is 1. The summed E-state index contributed by atoms with van der Waals surface area (Å²) in [6, 6.07) is 10.4. The summed E-state index contributed by atoms with van der Waals surface area (Å²) in [5.41, 5.74) is 12.2. The second kappa shape index (κ2) is 19.5. The van der Waals surface area contributed by atoms with Crippen LogP contribution in [0.3, 0.4) is 0 Å². The number of nitrogens with zero attached hydrogens (tertiary/aromatic N) is 6. The van der Waals surface area contributed by atoms with Gasteiger partial charge in [0.05, 0.1) is 62.2 Å². The van der Waals surface area contributed by atoms with Gasteiger partial charge in [-0.05, 0) is 66.7 Å². The number of nitrogen functional groups attached to an aromatic ring is 2. The molecule has 0 saturated carbocycles. The maximum absolute atomic E-state index is 12.8. The molecule has 0 aliphatic heterocycles. The molecule has 0 aromatic heterocycles. The zero-order valence-electron chi connectivity index (χ0n) is 32.2. The molecule has 0 fully saturated rings. The molecule has 0 aliphatic rings. The highest BCUT2D eigenvalue weighted by atomic mass is 32.3. The van der Waals surface area contributed by atoms with E-state index in [2.05, 4.69) is 45.6 Å². The Hall–Kier alpha value is -6.21. The number of sulfone groups is 3. The van der Waals surface area contributed by atoms with E-state index in [1.54, 1.807) is 0 Å². The number of rotatable bonds is 20. The van der Waals surface area contributed by atoms with E-state index in [0.717, 1.165) is 60.7 Å². The van der Waals surface area contributed by atoms with Crippen molar-refractivity contribution in [1.29, 1.82) is 0 Å². The standard InChI is InChI=1S/C31H31N9O19S6/c1-17(32)62(47,48)22-10-11-23(24(16-22)63(49,50)51)37-39-29-25(31(41)42)28(38-35-18-2-6-20(7-3-18)60(43,44)14-12-58-64(52,53)54)26(33)30(27(29)34)40-36-19-4-8-21(9-5-19)61(45,46)15-13-59-65(55,56)57/h2-11,16H,1,12-15,32-34H2,(H,41,42)(H,49,50,51)(H,52,53,54)(H,55,56,57)/b38-35?,39-37?,40-36-. The fourth-order valence-electron chi connectivity index (χ4n) is 4.86. The molecule has 0 radical (unpaired) electrons. The van der Waals surface area contributed by atoms with Crippen molar-refractivity contribution in [2.45, 2.75) is 19.6 Å². The summed E-state index contributed by atoms with van der Waals surface area (Å²) in [7, 11) is -28.1. The van der Waals surface area contributed by atoms with Gasteiger partial charge in [0.1, 0.15) is 38.2 Å². The van der Waals surface area contributed by atoms with Crippen molar-refractivity contribution >= 4 is 112 Å². The lowest BCUT2D eigenvalue weighted by atomic mass is 10.1. The third-order valence-corrected chi connectivity index (χ3v) is 14.7. The van der Waals surface area contributed by atoms with E-state index >= 15 is 0 Å². The van der Waals surface area contributed by atoms with Crippen molar-refractivity contribution in [3.8, 4) is 0 Å². The van der Waals surface area contributed by atoms with Crippen LogP contribution < -0.4 is 17.2 Å². The number of hydrogen-bond acceptors (Lipinski definition) is 24. The highest BCUT2D eigenvalue weighted by molar-refractivity contribution is 7.95. The van der Waals surface area contributed by atoms with Crippen molar-refractivity contribution in [2.24, 2.45) is 36.4 Å². The predicted octanol–water partition coefficient (Wildman–Crippen LogP) is 3.43. The van der Waals surface area contributed by atoms with Crippen molar-refractivity contribution < 1.29 is 82.4 Å². The first-order chi connectivity index (χ1) is 29.8. The molecule has 4 aromatic rings. The number of anilines is 2. The van der Waals surface area contributed by atoms with E-state index in [4.69, 9.17) is 26.3 Å². The second-order valence-corrected chi connectivity index (χ2v) is 22.1. The number of carbonyl (C=O) groups is 1. The Morgan fingerprint density at radius 1 is 0.569 bits per heavy atom. The molecule has 34 heteroatoms. The molecule has 0 atom stereocenters. The van der Waals surface area contributed by atoms with Crippen molar-refractivity contribution in [2.75, 3.05) is 36.2 Å². The van der Waals surface area contributed by atoms with Crippen LogP contribution in [0.25, 0.3) is 0 Å². The SMILES string of the molecule is C=C(N)S(=O)(=O)c1ccc(N=Nc2c(N)c(/N=N\c3ccc(S(=O)(=O)CCOS(=O)(=O)O)cc3)c(N)c(N=Nc3ccc(S(=O)(=O)CCOS(=O)(=O)O)cc3)c2C(=O)O)c(S(=O)(=O)O)c1. The van der Waals surface area contributed by atoms with Gasteiger partial charge < -0.3 is 22.3 Å². The highest BCUT2D eigenvalue weighted by Crippen LogP contribution is 2.49. The Morgan fingerprint density at radius 3 is 1.32 bits per heavy atom. The Morgan fingerprint density at radius 2 is 0.954 bits per heavy atom. The normalized spacial score (nSPS) is 13.2. The molecule has 65 heavy (non-hydrogen) atoms. The first-order valence-electron chi connectivity index (χ1n) is 16.8. The van der Waals surface area contributed by atoms with Crippen LogP contribution in [0.15, 0.2) is 129 Å². The minimum atomic E-state index is -5.31. The van der Waals surface area contributed by atoms with Crippen LogP contribution in [-0.4, -0.2) is 100.0 Å². The number of nitrogens with two attached hydrogens (primary N) is 3. The summed E-state index contributed by atoms with van der Waals surface area (Å²) in [6.45, 7) is 1.24.